The minimum Gasteiger partial charge on any atom is -0.488 e. The van der Waals surface area contributed by atoms with E-state index in [1.165, 1.54) is 11.1 Å². The highest BCUT2D eigenvalue weighted by Crippen LogP contribution is 2.21. The second kappa shape index (κ2) is 6.31. The summed E-state index contributed by atoms with van der Waals surface area (Å²) in [7, 11) is 0. The van der Waals surface area contributed by atoms with E-state index < -0.39 is 0 Å². The van der Waals surface area contributed by atoms with Crippen molar-refractivity contribution in [3.63, 3.8) is 0 Å². The summed E-state index contributed by atoms with van der Waals surface area (Å²) >= 11 is 0. The molecule has 4 heteroatoms. The fourth-order valence-corrected chi connectivity index (χ4v) is 2.68. The fraction of sp³-hybridized carbons (Fsp3) is 0.471. The van der Waals surface area contributed by atoms with Gasteiger partial charge in [-0.1, -0.05) is 19.1 Å². The molecule has 1 aromatic heterocycles. The zero-order valence-corrected chi connectivity index (χ0v) is 12.8. The van der Waals surface area contributed by atoms with Crippen LogP contribution < -0.4 is 4.74 Å². The molecule has 1 saturated heterocycles. The molecule has 1 aliphatic rings. The van der Waals surface area contributed by atoms with E-state index in [1.807, 2.05) is 16.9 Å². The number of aromatic nitrogens is 2. The van der Waals surface area contributed by atoms with Crippen LogP contribution in [-0.4, -0.2) is 33.9 Å². The molecule has 0 amide bonds. The topological polar surface area (TPSA) is 30.3 Å². The Balaban J connectivity index is 1.47. The normalized spacial score (nSPS) is 15.9. The molecular formula is C17H23N3O. The summed E-state index contributed by atoms with van der Waals surface area (Å²) in [5.41, 5.74) is 2.61. The van der Waals surface area contributed by atoms with Gasteiger partial charge < -0.3 is 4.74 Å². The summed E-state index contributed by atoms with van der Waals surface area (Å²) in [5, 5.41) is 4.31. The number of nitrogens with zero attached hydrogens (tertiary/aromatic N) is 3. The van der Waals surface area contributed by atoms with Crippen molar-refractivity contribution in [3.8, 4) is 5.75 Å². The summed E-state index contributed by atoms with van der Waals surface area (Å²) < 4.78 is 8.00. The zero-order valence-electron chi connectivity index (χ0n) is 12.8. The van der Waals surface area contributed by atoms with Crippen LogP contribution in [0.1, 0.15) is 25.0 Å². The average molecular weight is 285 g/mol. The molecule has 0 unspecified atom stereocenters. The minimum atomic E-state index is 0.318. The molecule has 1 aliphatic heterocycles. The van der Waals surface area contributed by atoms with Crippen molar-refractivity contribution in [1.29, 1.82) is 0 Å². The van der Waals surface area contributed by atoms with Crippen LogP contribution in [0.2, 0.25) is 0 Å². The first-order chi connectivity index (χ1) is 10.3. The summed E-state index contributed by atoms with van der Waals surface area (Å²) in [4.78, 5) is 2.39. The maximum absolute atomic E-state index is 6.02. The van der Waals surface area contributed by atoms with Gasteiger partial charge in [-0.25, -0.2) is 0 Å². The Labute approximate surface area is 126 Å². The van der Waals surface area contributed by atoms with Crippen LogP contribution in [0.5, 0.6) is 5.75 Å². The molecule has 0 atom stereocenters. The van der Waals surface area contributed by atoms with Crippen molar-refractivity contribution in [2.45, 2.75) is 39.5 Å². The Morgan fingerprint density at radius 2 is 2.10 bits per heavy atom. The van der Waals surface area contributed by atoms with E-state index in [0.717, 1.165) is 38.3 Å². The molecule has 0 aliphatic carbocycles. The minimum absolute atomic E-state index is 0.318. The van der Waals surface area contributed by atoms with Crippen molar-refractivity contribution >= 4 is 0 Å². The number of benzene rings is 1. The molecule has 0 saturated carbocycles. The highest BCUT2D eigenvalue weighted by molar-refractivity contribution is 5.28. The maximum atomic E-state index is 6.02. The Morgan fingerprint density at radius 1 is 1.24 bits per heavy atom. The third kappa shape index (κ3) is 3.45. The largest absolute Gasteiger partial charge is 0.488 e. The molecule has 0 spiro atoms. The Kier molecular flexibility index (Phi) is 4.25. The standard InChI is InChI=1S/C17H23N3O/c1-3-14-6-5-7-16(8-14)21-17-12-19(13-17)10-15-9-18-20(4-2)11-15/h5-9,11,17H,3-4,10,12-13H2,1-2H3. The van der Waals surface area contributed by atoms with Crippen molar-refractivity contribution in [2.75, 3.05) is 13.1 Å². The monoisotopic (exact) mass is 285 g/mol. The molecule has 3 rings (SSSR count). The molecular weight excluding hydrogens is 262 g/mol. The first kappa shape index (κ1) is 14.1. The van der Waals surface area contributed by atoms with Crippen LogP contribution in [0.3, 0.4) is 0 Å². The van der Waals surface area contributed by atoms with Crippen molar-refractivity contribution in [1.82, 2.24) is 14.7 Å². The predicted molar refractivity (Wildman–Crippen MR) is 83.4 cm³/mol. The van der Waals surface area contributed by atoms with E-state index >= 15 is 0 Å². The molecule has 0 radical (unpaired) electrons. The van der Waals surface area contributed by atoms with Gasteiger partial charge in [0.2, 0.25) is 0 Å². The van der Waals surface area contributed by atoms with Gasteiger partial charge in [0.25, 0.3) is 0 Å². The van der Waals surface area contributed by atoms with E-state index in [4.69, 9.17) is 4.74 Å². The molecule has 0 N–H and O–H groups in total. The summed E-state index contributed by atoms with van der Waals surface area (Å²) in [5.74, 6) is 0.998. The van der Waals surface area contributed by atoms with Gasteiger partial charge in [-0.15, -0.1) is 0 Å². The van der Waals surface area contributed by atoms with E-state index in [9.17, 15) is 0 Å². The predicted octanol–water partition coefficient (Wildman–Crippen LogP) is 2.73. The van der Waals surface area contributed by atoms with Gasteiger partial charge in [-0.05, 0) is 31.0 Å². The van der Waals surface area contributed by atoms with Crippen LogP contribution in [0.25, 0.3) is 0 Å². The van der Waals surface area contributed by atoms with Gasteiger partial charge in [-0.3, -0.25) is 9.58 Å². The molecule has 21 heavy (non-hydrogen) atoms. The summed E-state index contributed by atoms with van der Waals surface area (Å²) in [6.07, 6.45) is 5.45. The van der Waals surface area contributed by atoms with Crippen LogP contribution in [-0.2, 0) is 19.5 Å². The smallest absolute Gasteiger partial charge is 0.124 e. The summed E-state index contributed by atoms with van der Waals surface area (Å²) in [6, 6.07) is 8.41. The molecule has 1 fully saturated rings. The molecule has 0 bridgehead atoms. The van der Waals surface area contributed by atoms with Gasteiger partial charge in [0.15, 0.2) is 0 Å². The van der Waals surface area contributed by atoms with E-state index in [0.29, 0.717) is 6.10 Å². The lowest BCUT2D eigenvalue weighted by atomic mass is 10.1. The Hall–Kier alpha value is -1.81. The second-order valence-electron chi connectivity index (χ2n) is 5.64. The van der Waals surface area contributed by atoms with Gasteiger partial charge in [0, 0.05) is 37.9 Å². The number of hydrogen-bond donors (Lipinski definition) is 0. The first-order valence-corrected chi connectivity index (χ1v) is 7.76. The summed E-state index contributed by atoms with van der Waals surface area (Å²) in [6.45, 7) is 8.16. The van der Waals surface area contributed by atoms with Crippen LogP contribution in [0, 0.1) is 0 Å². The number of ether oxygens (including phenoxy) is 1. The van der Waals surface area contributed by atoms with Crippen molar-refractivity contribution in [3.05, 3.63) is 47.8 Å². The Morgan fingerprint density at radius 3 is 2.81 bits per heavy atom. The Bertz CT molecular complexity index is 587. The molecule has 112 valence electrons. The molecule has 4 nitrogen and oxygen atoms in total. The second-order valence-corrected chi connectivity index (χ2v) is 5.64. The van der Waals surface area contributed by atoms with Crippen LogP contribution >= 0.6 is 0 Å². The van der Waals surface area contributed by atoms with E-state index in [-0.39, 0.29) is 0 Å². The van der Waals surface area contributed by atoms with Gasteiger partial charge in [-0.2, -0.15) is 5.10 Å². The van der Waals surface area contributed by atoms with Crippen LogP contribution in [0.4, 0.5) is 0 Å². The SMILES string of the molecule is CCc1cccc(OC2CN(Cc3cnn(CC)c3)C2)c1. The van der Waals surface area contributed by atoms with Crippen LogP contribution in [0.15, 0.2) is 36.7 Å². The number of rotatable bonds is 6. The highest BCUT2D eigenvalue weighted by atomic mass is 16.5. The quantitative estimate of drug-likeness (QED) is 0.817. The molecule has 1 aromatic carbocycles. The molecule has 2 aromatic rings. The van der Waals surface area contributed by atoms with E-state index in [1.54, 1.807) is 0 Å². The van der Waals surface area contributed by atoms with Gasteiger partial charge in [0.05, 0.1) is 6.20 Å². The van der Waals surface area contributed by atoms with Gasteiger partial charge >= 0.3 is 0 Å². The van der Waals surface area contributed by atoms with Crippen molar-refractivity contribution in [2.24, 2.45) is 0 Å². The third-order valence-electron chi connectivity index (χ3n) is 3.95. The number of likely N-dealkylation sites (tertiary alicyclic amines) is 1. The highest BCUT2D eigenvalue weighted by Gasteiger charge is 2.28. The third-order valence-corrected chi connectivity index (χ3v) is 3.95. The number of aryl methyl sites for hydroxylation is 2. The van der Waals surface area contributed by atoms with Crippen molar-refractivity contribution < 1.29 is 4.74 Å². The lowest BCUT2D eigenvalue weighted by Crippen LogP contribution is -2.53. The zero-order chi connectivity index (χ0) is 14.7. The fourth-order valence-electron chi connectivity index (χ4n) is 2.68. The van der Waals surface area contributed by atoms with E-state index in [2.05, 4.69) is 48.2 Å². The average Bonchev–Trinajstić information content (AvgIpc) is 2.93. The lowest BCUT2D eigenvalue weighted by Gasteiger charge is -2.38. The van der Waals surface area contributed by atoms with Gasteiger partial charge in [0.1, 0.15) is 11.9 Å². The first-order valence-electron chi connectivity index (χ1n) is 7.76. The molecule has 2 heterocycles. The lowest BCUT2D eigenvalue weighted by molar-refractivity contribution is 0.0145. The maximum Gasteiger partial charge on any atom is 0.124 e. The number of hydrogen-bond acceptors (Lipinski definition) is 3.